The first-order chi connectivity index (χ1) is 29.4. The van der Waals surface area contributed by atoms with E-state index in [-0.39, 0.29) is 50.5 Å². The van der Waals surface area contributed by atoms with E-state index in [0.29, 0.717) is 11.6 Å². The van der Waals surface area contributed by atoms with Crippen molar-refractivity contribution in [2.24, 2.45) is 5.10 Å². The predicted octanol–water partition coefficient (Wildman–Crippen LogP) is 7.51. The molecule has 0 saturated heterocycles. The Morgan fingerprint density at radius 2 is 1.52 bits per heavy atom. The second kappa shape index (κ2) is 19.7. The van der Waals surface area contributed by atoms with Crippen LogP contribution in [0.4, 0.5) is 11.4 Å². The monoisotopic (exact) mass is 953 g/mol. The standard InChI is InChI=1S/C28H30N2O3.C16H11ClN2O8S2.Cr/c1-5-29(6-2)19-13-15-23-25(17-19)33-26-18-20(30(7-3)8-4)14-16-24(26)27(23)21-11-9-10-12-22(21)28(31)32;17-9-2-4-12(20)11(6-9)18-19-16-13(21)3-1-8-5-10(28(22,23)24)7-14(15(8)16)29(25,26)27;/h9-18H,5-8H2,1-4H3;1-7,18,20H,(H,22,23,24)(H,25,26,27);/p+1. The van der Waals surface area contributed by atoms with Crippen molar-refractivity contribution in [3.05, 3.63) is 124 Å². The fourth-order valence-corrected chi connectivity index (χ4v) is 8.69. The smallest absolute Gasteiger partial charge is 0.336 e. The van der Waals surface area contributed by atoms with E-state index in [1.165, 1.54) is 18.2 Å². The number of aromatic hydroxyl groups is 1. The molecule has 5 N–H and O–H groups in total. The fourth-order valence-electron chi connectivity index (χ4n) is 7.16. The third-order valence-corrected chi connectivity index (χ3v) is 12.1. The van der Waals surface area contributed by atoms with Crippen LogP contribution in [0.2, 0.25) is 5.02 Å². The molecule has 2 aliphatic carbocycles. The molecule has 4 aromatic rings. The third-order valence-electron chi connectivity index (χ3n) is 10.2. The average Bonchev–Trinajstić information content (AvgIpc) is 3.23. The van der Waals surface area contributed by atoms with Gasteiger partial charge >= 0.3 is 5.97 Å². The molecule has 1 aliphatic heterocycles. The van der Waals surface area contributed by atoms with Gasteiger partial charge < -0.3 is 19.5 Å². The zero-order valence-electron chi connectivity index (χ0n) is 34.2. The van der Waals surface area contributed by atoms with E-state index in [2.05, 4.69) is 84.1 Å². The maximum atomic E-state index is 12.3. The number of phenolic OH excluding ortho intramolecular Hbond substituents is 1. The summed E-state index contributed by atoms with van der Waals surface area (Å²) in [6.07, 6.45) is 2.10. The average molecular weight is 954 g/mol. The number of hydrogen-bond donors (Lipinski definition) is 5. The van der Waals surface area contributed by atoms with E-state index in [4.69, 9.17) is 16.0 Å². The van der Waals surface area contributed by atoms with Crippen molar-refractivity contribution in [2.45, 2.75) is 37.5 Å². The van der Waals surface area contributed by atoms with Gasteiger partial charge in [0.25, 0.3) is 20.2 Å². The summed E-state index contributed by atoms with van der Waals surface area (Å²) < 4.78 is 74.0. The van der Waals surface area contributed by atoms with Gasteiger partial charge in [0.05, 0.1) is 22.2 Å². The first-order valence-electron chi connectivity index (χ1n) is 19.2. The third kappa shape index (κ3) is 10.4. The summed E-state index contributed by atoms with van der Waals surface area (Å²) in [5.74, 6) is -1.23. The van der Waals surface area contributed by atoms with Crippen LogP contribution in [-0.4, -0.2) is 79.8 Å². The number of allylic oxidation sites excluding steroid dienone is 1. The van der Waals surface area contributed by atoms with E-state index >= 15 is 0 Å². The second-order valence-electron chi connectivity index (χ2n) is 13.8. The van der Waals surface area contributed by atoms with Gasteiger partial charge in [-0.15, -0.1) is 0 Å². The van der Waals surface area contributed by atoms with Crippen LogP contribution >= 0.6 is 11.6 Å². The molecule has 7 rings (SSSR count). The molecule has 19 heteroatoms. The number of rotatable bonds is 11. The Kier molecular flexibility index (Phi) is 15.1. The molecular weight excluding hydrogens is 912 g/mol. The number of fused-ring (bicyclic) bond motifs is 3. The summed E-state index contributed by atoms with van der Waals surface area (Å²) in [6, 6.07) is 25.0. The van der Waals surface area contributed by atoms with Gasteiger partial charge in [-0.3, -0.25) is 19.3 Å². The van der Waals surface area contributed by atoms with Crippen LogP contribution in [-0.2, 0) is 42.4 Å². The summed E-state index contributed by atoms with van der Waals surface area (Å²) in [4.78, 5) is 24.9. The summed E-state index contributed by atoms with van der Waals surface area (Å²) in [6.45, 7) is 12.1. The van der Waals surface area contributed by atoms with E-state index < -0.39 is 47.5 Å². The summed E-state index contributed by atoms with van der Waals surface area (Å²) >= 11 is 5.82. The van der Waals surface area contributed by atoms with Crippen molar-refractivity contribution in [1.82, 2.24) is 4.58 Å². The Balaban J connectivity index is 0.000000236. The largest absolute Gasteiger partial charge is 0.506 e. The first kappa shape index (κ1) is 48.2. The molecule has 0 spiro atoms. The Bertz CT molecular complexity index is 3090. The maximum Gasteiger partial charge on any atom is 0.336 e. The van der Waals surface area contributed by atoms with Gasteiger partial charge in [-0.1, -0.05) is 35.9 Å². The van der Waals surface area contributed by atoms with Crippen molar-refractivity contribution in [1.29, 1.82) is 0 Å². The van der Waals surface area contributed by atoms with Crippen molar-refractivity contribution in [2.75, 3.05) is 36.5 Å². The number of halogens is 1. The maximum absolute atomic E-state index is 12.3. The normalized spacial score (nSPS) is 12.9. The topological polar surface area (TPSA) is 227 Å². The van der Waals surface area contributed by atoms with E-state index in [0.717, 1.165) is 83.3 Å². The van der Waals surface area contributed by atoms with Crippen molar-refractivity contribution in [3.8, 4) is 28.2 Å². The predicted molar refractivity (Wildman–Crippen MR) is 239 cm³/mol. The number of carbonyl (C=O) groups excluding carboxylic acids is 1. The molecule has 15 nitrogen and oxygen atoms in total. The molecule has 63 heavy (non-hydrogen) atoms. The number of carbonyl (C=O) groups is 2. The van der Waals surface area contributed by atoms with E-state index in [1.807, 2.05) is 12.1 Å². The van der Waals surface area contributed by atoms with Crippen LogP contribution in [0.15, 0.2) is 116 Å². The van der Waals surface area contributed by atoms with Crippen LogP contribution in [0.5, 0.6) is 5.75 Å². The molecule has 0 bridgehead atoms. The van der Waals surface area contributed by atoms with Crippen molar-refractivity contribution >= 4 is 77.7 Å². The summed E-state index contributed by atoms with van der Waals surface area (Å²) in [5, 5.41) is 25.7. The SMILES string of the molecule is CCN(CC)c1ccc2c(-c3ccccc3C(=O)O)c3ccc(=[N+](CC)CC)cc-3oc2c1.O=C1C=Cc2cc(S(=O)(=O)O)cc(S(=O)(=O)O)c2C1=NNc1cc(Cl)ccc1O.[Cr]. The fraction of sp³-hybridized carbons (Fsp3) is 0.182. The molecular formula is C44H42ClCrN4O11S2+. The van der Waals surface area contributed by atoms with Crippen LogP contribution in [0.3, 0.4) is 0 Å². The van der Waals surface area contributed by atoms with Crippen LogP contribution in [0.1, 0.15) is 49.2 Å². The van der Waals surface area contributed by atoms with Gasteiger partial charge in [0.15, 0.2) is 0 Å². The van der Waals surface area contributed by atoms with Gasteiger partial charge in [0.1, 0.15) is 40.8 Å². The zero-order chi connectivity index (χ0) is 45.1. The zero-order valence-corrected chi connectivity index (χ0v) is 37.9. The quantitative estimate of drug-likeness (QED) is 0.0279. The molecule has 0 amide bonds. The minimum atomic E-state index is -5.02. The second-order valence-corrected chi connectivity index (χ2v) is 17.0. The van der Waals surface area contributed by atoms with Gasteiger partial charge in [0.2, 0.25) is 11.1 Å². The molecule has 0 unspecified atom stereocenters. The minimum absolute atomic E-state index is 0. The van der Waals surface area contributed by atoms with Crippen molar-refractivity contribution < 1.29 is 67.5 Å². The number of carboxylic acid groups (broad SMARTS) is 1. The Morgan fingerprint density at radius 3 is 2.16 bits per heavy atom. The molecule has 328 valence electrons. The summed E-state index contributed by atoms with van der Waals surface area (Å²) in [7, 11) is -9.84. The van der Waals surface area contributed by atoms with Gasteiger partial charge in [-0.25, -0.2) is 9.37 Å². The number of phenols is 1. The number of hydrogen-bond acceptors (Lipinski definition) is 11. The van der Waals surface area contributed by atoms with Gasteiger partial charge in [0, 0.05) is 75.4 Å². The number of anilines is 2. The number of carboxylic acids is 1. The van der Waals surface area contributed by atoms with E-state index in [9.17, 15) is 45.7 Å². The molecule has 3 aliphatic rings. The molecule has 0 radical (unpaired) electrons. The Labute approximate surface area is 379 Å². The number of aromatic carboxylic acids is 1. The number of nitrogens with one attached hydrogen (secondary N) is 1. The number of benzene rings is 5. The molecule has 0 aromatic heterocycles. The number of hydrazone groups is 1. The Hall–Kier alpha value is -5.84. The van der Waals surface area contributed by atoms with Gasteiger partial charge in [-0.05, 0) is 99.5 Å². The number of nitrogens with zero attached hydrogens (tertiary/aromatic N) is 3. The van der Waals surface area contributed by atoms with Crippen LogP contribution in [0.25, 0.3) is 39.5 Å². The van der Waals surface area contributed by atoms with Crippen molar-refractivity contribution in [3.63, 3.8) is 0 Å². The first-order valence-corrected chi connectivity index (χ1v) is 22.5. The number of ketones is 1. The Morgan fingerprint density at radius 1 is 0.825 bits per heavy atom. The molecule has 0 saturated carbocycles. The molecule has 4 aromatic carbocycles. The molecule has 1 heterocycles. The minimum Gasteiger partial charge on any atom is -0.506 e. The molecule has 0 atom stereocenters. The van der Waals surface area contributed by atoms with Gasteiger partial charge in [-0.2, -0.15) is 21.9 Å². The summed E-state index contributed by atoms with van der Waals surface area (Å²) in [5.41, 5.74) is 6.00. The van der Waals surface area contributed by atoms with Crippen LogP contribution in [0, 0.1) is 0 Å². The molecule has 0 fully saturated rings. The van der Waals surface area contributed by atoms with E-state index in [1.54, 1.807) is 12.1 Å². The van der Waals surface area contributed by atoms with Crippen LogP contribution < -0.4 is 20.3 Å².